The van der Waals surface area contributed by atoms with Gasteiger partial charge >= 0.3 is 11.4 Å². The smallest absolute Gasteiger partial charge is 0.417 e. The van der Waals surface area contributed by atoms with Crippen molar-refractivity contribution in [2.45, 2.75) is 12.0 Å². The van der Waals surface area contributed by atoms with Crippen molar-refractivity contribution in [1.82, 2.24) is 0 Å². The van der Waals surface area contributed by atoms with E-state index in [0.717, 1.165) is 6.07 Å². The zero-order valence-corrected chi connectivity index (χ0v) is 9.16. The average Bonchev–Trinajstić information content (AvgIpc) is 2.15. The van der Waals surface area contributed by atoms with Gasteiger partial charge in [0, 0.05) is 5.56 Å². The first-order valence-electron chi connectivity index (χ1n) is 3.99. The molecule has 0 aromatic heterocycles. The van der Waals surface area contributed by atoms with E-state index in [1.54, 1.807) is 0 Å². The van der Waals surface area contributed by atoms with Crippen LogP contribution in [0.1, 0.15) is 5.56 Å². The fraction of sp³-hybridized carbons (Fsp3) is 0.222. The normalized spacial score (nSPS) is 11.3. The summed E-state index contributed by atoms with van der Waals surface area (Å²) in [6.45, 7) is -0.702. The summed E-state index contributed by atoms with van der Waals surface area (Å²) in [5.74, 6) is -2.70. The molecular formula is C9H5Cl2F3O2. The van der Waals surface area contributed by atoms with Crippen molar-refractivity contribution in [3.63, 3.8) is 0 Å². The maximum atomic E-state index is 13.1. The Morgan fingerprint density at radius 1 is 1.44 bits per heavy atom. The summed E-state index contributed by atoms with van der Waals surface area (Å²) in [7, 11) is 0. The fourth-order valence-corrected chi connectivity index (χ4v) is 1.16. The van der Waals surface area contributed by atoms with Crippen LogP contribution in [-0.2, 0) is 16.1 Å². The SMILES string of the molecule is O=C(OCc1c(F)cccc1Cl)C(F)(F)Cl. The molecule has 0 aliphatic rings. The summed E-state index contributed by atoms with van der Waals surface area (Å²) in [5.41, 5.74) is -0.182. The summed E-state index contributed by atoms with van der Waals surface area (Å²) >= 11 is 9.97. The van der Waals surface area contributed by atoms with Crippen LogP contribution in [0, 0.1) is 5.82 Å². The quantitative estimate of drug-likeness (QED) is 0.623. The summed E-state index contributed by atoms with van der Waals surface area (Å²) in [6.07, 6.45) is 0. The molecule has 0 heterocycles. The van der Waals surface area contributed by atoms with Crippen molar-refractivity contribution < 1.29 is 22.7 Å². The van der Waals surface area contributed by atoms with Crippen LogP contribution in [0.3, 0.4) is 0 Å². The van der Waals surface area contributed by atoms with E-state index in [0.29, 0.717) is 0 Å². The Balaban J connectivity index is 2.73. The lowest BCUT2D eigenvalue weighted by Crippen LogP contribution is -2.24. The van der Waals surface area contributed by atoms with Gasteiger partial charge in [0.05, 0.1) is 5.02 Å². The molecule has 88 valence electrons. The molecular weight excluding hydrogens is 268 g/mol. The van der Waals surface area contributed by atoms with Gasteiger partial charge in [-0.05, 0) is 23.7 Å². The molecule has 0 bridgehead atoms. The molecule has 7 heteroatoms. The van der Waals surface area contributed by atoms with E-state index in [-0.39, 0.29) is 10.6 Å². The number of rotatable bonds is 3. The van der Waals surface area contributed by atoms with Crippen molar-refractivity contribution in [2.75, 3.05) is 0 Å². The second-order valence-electron chi connectivity index (χ2n) is 2.77. The largest absolute Gasteiger partial charge is 0.455 e. The minimum Gasteiger partial charge on any atom is -0.455 e. The first-order chi connectivity index (χ1) is 7.32. The zero-order chi connectivity index (χ0) is 12.3. The minimum atomic E-state index is -4.13. The molecule has 1 aromatic carbocycles. The molecule has 0 saturated carbocycles. The molecule has 0 aliphatic carbocycles. The summed E-state index contributed by atoms with van der Waals surface area (Å²) in [6, 6.07) is 3.74. The summed E-state index contributed by atoms with van der Waals surface area (Å²) in [4.78, 5) is 10.6. The van der Waals surface area contributed by atoms with Gasteiger partial charge < -0.3 is 4.74 Å². The van der Waals surface area contributed by atoms with Crippen molar-refractivity contribution in [3.05, 3.63) is 34.6 Å². The number of ether oxygens (including phenoxy) is 1. The third-order valence-electron chi connectivity index (χ3n) is 1.64. The van der Waals surface area contributed by atoms with Crippen molar-refractivity contribution in [2.24, 2.45) is 0 Å². The third kappa shape index (κ3) is 3.28. The van der Waals surface area contributed by atoms with E-state index < -0.39 is 23.8 Å². The van der Waals surface area contributed by atoms with Crippen LogP contribution in [0.2, 0.25) is 5.02 Å². The molecule has 0 amide bonds. The molecule has 0 atom stereocenters. The Bertz CT molecular complexity index is 384. The predicted molar refractivity (Wildman–Crippen MR) is 52.0 cm³/mol. The standard InChI is InChI=1S/C9H5Cl2F3O2/c10-6-2-1-3-7(12)5(6)4-16-8(15)9(11,13)14/h1-3H,4H2. The van der Waals surface area contributed by atoms with Crippen LogP contribution in [-0.4, -0.2) is 11.4 Å². The number of hydrogen-bond acceptors (Lipinski definition) is 2. The monoisotopic (exact) mass is 272 g/mol. The molecule has 0 radical (unpaired) electrons. The van der Waals surface area contributed by atoms with Crippen LogP contribution in [0.15, 0.2) is 18.2 Å². The minimum absolute atomic E-state index is 0.0225. The molecule has 0 saturated heterocycles. The second-order valence-corrected chi connectivity index (χ2v) is 3.66. The van der Waals surface area contributed by atoms with Gasteiger partial charge in [0.2, 0.25) is 0 Å². The molecule has 0 aliphatic heterocycles. The highest BCUT2D eigenvalue weighted by molar-refractivity contribution is 6.31. The van der Waals surface area contributed by atoms with Gasteiger partial charge in [-0.2, -0.15) is 8.78 Å². The molecule has 1 aromatic rings. The van der Waals surface area contributed by atoms with Crippen LogP contribution < -0.4 is 0 Å². The molecule has 16 heavy (non-hydrogen) atoms. The van der Waals surface area contributed by atoms with Gasteiger partial charge in [0.1, 0.15) is 12.4 Å². The van der Waals surface area contributed by atoms with Gasteiger partial charge in [-0.1, -0.05) is 17.7 Å². The molecule has 2 nitrogen and oxygen atoms in total. The van der Waals surface area contributed by atoms with E-state index in [9.17, 15) is 18.0 Å². The van der Waals surface area contributed by atoms with E-state index in [4.69, 9.17) is 11.6 Å². The summed E-state index contributed by atoms with van der Waals surface area (Å²) in [5, 5.41) is -4.15. The van der Waals surface area contributed by atoms with Gasteiger partial charge in [0.15, 0.2) is 0 Å². The van der Waals surface area contributed by atoms with Crippen LogP contribution in [0.25, 0.3) is 0 Å². The van der Waals surface area contributed by atoms with E-state index in [1.807, 2.05) is 0 Å². The Morgan fingerprint density at radius 3 is 2.56 bits per heavy atom. The van der Waals surface area contributed by atoms with Crippen LogP contribution in [0.4, 0.5) is 13.2 Å². The van der Waals surface area contributed by atoms with E-state index in [2.05, 4.69) is 16.3 Å². The number of carbonyl (C=O) groups is 1. The highest BCUT2D eigenvalue weighted by Crippen LogP contribution is 2.24. The van der Waals surface area contributed by atoms with Crippen molar-refractivity contribution in [1.29, 1.82) is 0 Å². The van der Waals surface area contributed by atoms with E-state index in [1.165, 1.54) is 12.1 Å². The predicted octanol–water partition coefficient (Wildman–Crippen LogP) is 3.35. The second kappa shape index (κ2) is 4.93. The summed E-state index contributed by atoms with van der Waals surface area (Å²) < 4.78 is 41.6. The highest BCUT2D eigenvalue weighted by atomic mass is 35.5. The van der Waals surface area contributed by atoms with Gasteiger partial charge in [-0.15, -0.1) is 0 Å². The topological polar surface area (TPSA) is 26.3 Å². The maximum absolute atomic E-state index is 13.1. The van der Waals surface area contributed by atoms with Crippen molar-refractivity contribution in [3.8, 4) is 0 Å². The maximum Gasteiger partial charge on any atom is 0.417 e. The number of carbonyl (C=O) groups excluding carboxylic acids is 1. The number of esters is 1. The zero-order valence-electron chi connectivity index (χ0n) is 7.65. The average molecular weight is 273 g/mol. The fourth-order valence-electron chi connectivity index (χ4n) is 0.890. The highest BCUT2D eigenvalue weighted by Gasteiger charge is 2.38. The first kappa shape index (κ1) is 13.1. The molecule has 0 fully saturated rings. The van der Waals surface area contributed by atoms with Crippen LogP contribution >= 0.6 is 23.2 Å². The molecule has 0 N–H and O–H groups in total. The van der Waals surface area contributed by atoms with Crippen LogP contribution in [0.5, 0.6) is 0 Å². The Labute approximate surface area is 98.9 Å². The number of halogens is 5. The number of benzene rings is 1. The first-order valence-corrected chi connectivity index (χ1v) is 4.75. The Morgan fingerprint density at radius 2 is 2.06 bits per heavy atom. The lowest BCUT2D eigenvalue weighted by atomic mass is 10.2. The van der Waals surface area contributed by atoms with Gasteiger partial charge in [-0.25, -0.2) is 9.18 Å². The van der Waals surface area contributed by atoms with Gasteiger partial charge in [0.25, 0.3) is 0 Å². The lowest BCUT2D eigenvalue weighted by Gasteiger charge is -2.09. The molecule has 1 rings (SSSR count). The van der Waals surface area contributed by atoms with Gasteiger partial charge in [-0.3, -0.25) is 0 Å². The lowest BCUT2D eigenvalue weighted by molar-refractivity contribution is -0.162. The Hall–Kier alpha value is -0.940. The van der Waals surface area contributed by atoms with Crippen molar-refractivity contribution >= 4 is 29.2 Å². The molecule has 0 spiro atoms. The Kier molecular flexibility index (Phi) is 4.04. The third-order valence-corrected chi connectivity index (χ3v) is 2.15. The molecule has 0 unspecified atom stereocenters. The van der Waals surface area contributed by atoms with E-state index >= 15 is 0 Å². The number of alkyl halides is 3. The number of hydrogen-bond donors (Lipinski definition) is 0.